The molecule has 0 radical (unpaired) electrons. The van der Waals surface area contributed by atoms with Crippen LogP contribution in [0.2, 0.25) is 0 Å². The van der Waals surface area contributed by atoms with Crippen LogP contribution in [0.4, 0.5) is 17.1 Å². The van der Waals surface area contributed by atoms with E-state index in [0.29, 0.717) is 0 Å². The van der Waals surface area contributed by atoms with Gasteiger partial charge in [0.25, 0.3) is 0 Å². The second kappa shape index (κ2) is 12.6. The molecule has 0 aliphatic heterocycles. The first kappa shape index (κ1) is 34.1. The molecule has 3 heterocycles. The van der Waals surface area contributed by atoms with Gasteiger partial charge in [-0.05, 0) is 119 Å². The molecule has 0 saturated carbocycles. The molecular weight excluding hydrogens is 743 g/mol. The summed E-state index contributed by atoms with van der Waals surface area (Å²) >= 11 is 0. The highest BCUT2D eigenvalue weighted by atomic mass is 16.3. The molecule has 1 aliphatic rings. The summed E-state index contributed by atoms with van der Waals surface area (Å²) in [6.07, 6.45) is 0. The van der Waals surface area contributed by atoms with Crippen LogP contribution in [-0.2, 0) is 5.41 Å². The van der Waals surface area contributed by atoms with E-state index in [0.717, 1.165) is 77.7 Å². The van der Waals surface area contributed by atoms with Crippen molar-refractivity contribution in [1.82, 2.24) is 9.13 Å². The first-order valence-corrected chi connectivity index (χ1v) is 21.1. The molecule has 1 aliphatic carbocycles. The number of furan rings is 1. The van der Waals surface area contributed by atoms with Crippen LogP contribution >= 0.6 is 0 Å². The third-order valence-electron chi connectivity index (χ3n) is 13.3. The lowest BCUT2D eigenvalue weighted by Gasteiger charge is -2.28. The fraction of sp³-hybridized carbons (Fsp3) is 0.0526. The van der Waals surface area contributed by atoms with Gasteiger partial charge in [0, 0.05) is 55.4 Å². The van der Waals surface area contributed by atoms with Gasteiger partial charge in [0.15, 0.2) is 0 Å². The lowest BCUT2D eigenvalue weighted by atomic mass is 9.82. The maximum atomic E-state index is 7.18. The van der Waals surface area contributed by atoms with E-state index in [1.165, 1.54) is 38.5 Å². The summed E-state index contributed by atoms with van der Waals surface area (Å²) in [5.74, 6) is 0. The molecule has 288 valence electrons. The predicted molar refractivity (Wildman–Crippen MR) is 255 cm³/mol. The van der Waals surface area contributed by atoms with E-state index < -0.39 is 0 Å². The molecule has 4 nitrogen and oxygen atoms in total. The number of nitrogens with zero attached hydrogens (tertiary/aromatic N) is 3. The molecule has 0 unspecified atom stereocenters. The lowest BCUT2D eigenvalue weighted by molar-refractivity contribution is 0.660. The molecule has 0 fully saturated rings. The summed E-state index contributed by atoms with van der Waals surface area (Å²) in [6, 6.07) is 72.6. The Kier molecular flexibility index (Phi) is 7.04. The minimum absolute atomic E-state index is 0.0943. The zero-order valence-corrected chi connectivity index (χ0v) is 33.8. The average Bonchev–Trinajstić information content (AvgIpc) is 4.03. The maximum Gasteiger partial charge on any atom is 0.145 e. The van der Waals surface area contributed by atoms with Crippen molar-refractivity contribution in [2.75, 3.05) is 4.90 Å². The van der Waals surface area contributed by atoms with E-state index in [2.05, 4.69) is 228 Å². The van der Waals surface area contributed by atoms with Gasteiger partial charge in [-0.2, -0.15) is 0 Å². The third kappa shape index (κ3) is 4.76. The number of fused-ring (bicyclic) bond motifs is 14. The molecule has 3 aromatic heterocycles. The first-order valence-electron chi connectivity index (χ1n) is 21.1. The number of aromatic nitrogens is 2. The third-order valence-corrected chi connectivity index (χ3v) is 13.3. The van der Waals surface area contributed by atoms with E-state index in [-0.39, 0.29) is 5.41 Å². The largest absolute Gasteiger partial charge is 0.455 e. The van der Waals surface area contributed by atoms with Crippen molar-refractivity contribution >= 4 is 82.6 Å². The second-order valence-electron chi connectivity index (χ2n) is 16.9. The second-order valence-corrected chi connectivity index (χ2v) is 16.9. The van der Waals surface area contributed by atoms with Crippen LogP contribution < -0.4 is 4.90 Å². The Morgan fingerprint density at radius 3 is 1.51 bits per heavy atom. The van der Waals surface area contributed by atoms with Crippen molar-refractivity contribution in [2.45, 2.75) is 19.3 Å². The standard InChI is InChI=1S/C57H39N3O/c1-57(2)47-22-12-9-19-41(47)42-30-29-40(35-48(42)57)58(36-15-5-3-6-16-36)38-25-27-39(28-26-38)60-50-24-14-11-21-46(50)54-52(60)34-32-44-43-31-33-51-53(55(43)61-56(44)54)45-20-10-13-23-49(45)59(51)37-17-7-4-8-18-37/h3-35H,1-2H3. The fourth-order valence-electron chi connectivity index (χ4n) is 10.5. The number of anilines is 3. The Morgan fingerprint density at radius 2 is 0.869 bits per heavy atom. The SMILES string of the molecule is CC1(C)c2ccccc2-c2ccc(N(c3ccccc3)c3ccc(-n4c5ccccc5c5c6oc7c(ccc8c7c7ccccc7n8-c7ccccc7)c6ccc54)cc3)cc21. The molecule has 61 heavy (non-hydrogen) atoms. The van der Waals surface area contributed by atoms with Gasteiger partial charge in [0.2, 0.25) is 0 Å². The zero-order valence-electron chi connectivity index (χ0n) is 33.8. The topological polar surface area (TPSA) is 26.2 Å². The number of hydrogen-bond donors (Lipinski definition) is 0. The minimum Gasteiger partial charge on any atom is -0.455 e. The summed E-state index contributed by atoms with van der Waals surface area (Å²) < 4.78 is 11.9. The first-order chi connectivity index (χ1) is 30.0. The highest BCUT2D eigenvalue weighted by molar-refractivity contribution is 6.29. The molecule has 4 heteroatoms. The van der Waals surface area contributed by atoms with Crippen molar-refractivity contribution in [3.8, 4) is 22.5 Å². The van der Waals surface area contributed by atoms with Crippen LogP contribution in [0.1, 0.15) is 25.0 Å². The van der Waals surface area contributed by atoms with Gasteiger partial charge in [-0.25, -0.2) is 0 Å². The van der Waals surface area contributed by atoms with E-state index in [1.807, 2.05) is 0 Å². The van der Waals surface area contributed by atoms with E-state index in [9.17, 15) is 0 Å². The summed E-state index contributed by atoms with van der Waals surface area (Å²) in [7, 11) is 0. The Balaban J connectivity index is 0.980. The lowest BCUT2D eigenvalue weighted by Crippen LogP contribution is -2.16. The quantitative estimate of drug-likeness (QED) is 0.174. The Bertz CT molecular complexity index is 3720. The average molecular weight is 782 g/mol. The van der Waals surface area contributed by atoms with Crippen molar-refractivity contribution in [1.29, 1.82) is 0 Å². The molecule has 9 aromatic carbocycles. The van der Waals surface area contributed by atoms with E-state index in [1.54, 1.807) is 0 Å². The molecule has 0 N–H and O–H groups in total. The molecule has 0 amide bonds. The summed E-state index contributed by atoms with van der Waals surface area (Å²) in [4.78, 5) is 2.38. The van der Waals surface area contributed by atoms with Crippen molar-refractivity contribution in [2.24, 2.45) is 0 Å². The highest BCUT2D eigenvalue weighted by Gasteiger charge is 2.35. The van der Waals surface area contributed by atoms with Crippen LogP contribution in [-0.4, -0.2) is 9.13 Å². The molecular formula is C57H39N3O. The van der Waals surface area contributed by atoms with Crippen LogP contribution in [0.5, 0.6) is 0 Å². The predicted octanol–water partition coefficient (Wildman–Crippen LogP) is 15.6. The van der Waals surface area contributed by atoms with Crippen LogP contribution in [0, 0.1) is 0 Å². The van der Waals surface area contributed by atoms with Gasteiger partial charge in [0.05, 0.1) is 32.8 Å². The van der Waals surface area contributed by atoms with Crippen LogP contribution in [0.3, 0.4) is 0 Å². The molecule has 0 spiro atoms. The van der Waals surface area contributed by atoms with Crippen molar-refractivity contribution in [3.63, 3.8) is 0 Å². The Hall–Kier alpha value is -7.82. The molecule has 0 atom stereocenters. The van der Waals surface area contributed by atoms with E-state index in [4.69, 9.17) is 4.42 Å². The number of benzene rings is 9. The van der Waals surface area contributed by atoms with E-state index >= 15 is 0 Å². The monoisotopic (exact) mass is 781 g/mol. The summed E-state index contributed by atoms with van der Waals surface area (Å²) in [5.41, 5.74) is 17.3. The summed E-state index contributed by atoms with van der Waals surface area (Å²) in [6.45, 7) is 4.69. The van der Waals surface area contributed by atoms with Gasteiger partial charge >= 0.3 is 0 Å². The smallest absolute Gasteiger partial charge is 0.145 e. The Morgan fingerprint density at radius 1 is 0.377 bits per heavy atom. The van der Waals surface area contributed by atoms with Crippen molar-refractivity contribution in [3.05, 3.63) is 211 Å². The number of hydrogen-bond acceptors (Lipinski definition) is 2. The Labute approximate surface area is 352 Å². The van der Waals surface area contributed by atoms with Gasteiger partial charge in [0.1, 0.15) is 11.2 Å². The van der Waals surface area contributed by atoms with Crippen molar-refractivity contribution < 1.29 is 4.42 Å². The maximum absolute atomic E-state index is 7.18. The van der Waals surface area contributed by atoms with Gasteiger partial charge in [-0.1, -0.05) is 117 Å². The molecule has 0 saturated heterocycles. The number of para-hydroxylation sites is 4. The molecule has 12 aromatic rings. The van der Waals surface area contributed by atoms with Gasteiger partial charge in [-0.3, -0.25) is 0 Å². The normalized spacial score (nSPS) is 13.2. The van der Waals surface area contributed by atoms with Crippen LogP contribution in [0.15, 0.2) is 205 Å². The molecule has 13 rings (SSSR count). The zero-order chi connectivity index (χ0) is 40.4. The molecule has 0 bridgehead atoms. The summed E-state index contributed by atoms with van der Waals surface area (Å²) in [5, 5.41) is 6.87. The highest BCUT2D eigenvalue weighted by Crippen LogP contribution is 2.51. The van der Waals surface area contributed by atoms with Crippen LogP contribution in [0.25, 0.3) is 88.1 Å². The minimum atomic E-state index is -0.0943. The number of rotatable bonds is 5. The fourth-order valence-corrected chi connectivity index (χ4v) is 10.5. The van der Waals surface area contributed by atoms with Gasteiger partial charge < -0.3 is 18.5 Å². The van der Waals surface area contributed by atoms with Gasteiger partial charge in [-0.15, -0.1) is 0 Å².